The van der Waals surface area contributed by atoms with E-state index in [9.17, 15) is 0 Å². The molecule has 0 spiro atoms. The molecular weight excluding hydrogens is 338 g/mol. The van der Waals surface area contributed by atoms with E-state index in [1.807, 2.05) is 51.1 Å². The van der Waals surface area contributed by atoms with Crippen LogP contribution >= 0.6 is 27.5 Å². The fraction of sp³-hybridized carbons (Fsp3) is 0.250. The van der Waals surface area contributed by atoms with E-state index in [1.165, 1.54) is 0 Å². The van der Waals surface area contributed by atoms with Crippen molar-refractivity contribution in [1.82, 2.24) is 0 Å². The van der Waals surface area contributed by atoms with E-state index in [1.54, 1.807) is 0 Å². The summed E-state index contributed by atoms with van der Waals surface area (Å²) in [5.74, 6) is 1.61. The molecule has 2 aromatic rings. The van der Waals surface area contributed by atoms with E-state index in [4.69, 9.17) is 22.1 Å². The van der Waals surface area contributed by atoms with Crippen molar-refractivity contribution in [1.29, 1.82) is 0 Å². The maximum atomic E-state index is 6.08. The van der Waals surface area contributed by atoms with Gasteiger partial charge in [0.2, 0.25) is 0 Å². The van der Waals surface area contributed by atoms with Gasteiger partial charge in [0, 0.05) is 21.1 Å². The molecule has 0 aliphatic rings. The lowest BCUT2D eigenvalue weighted by Gasteiger charge is -2.17. The van der Waals surface area contributed by atoms with Gasteiger partial charge in [-0.3, -0.25) is 0 Å². The first kappa shape index (κ1) is 15.4. The SMILES string of the molecule is Cc1cc(Cl)cc(C)c1Oc1ccc(Br)cc1C(C)N. The third kappa shape index (κ3) is 3.35. The summed E-state index contributed by atoms with van der Waals surface area (Å²) in [4.78, 5) is 0. The van der Waals surface area contributed by atoms with Crippen molar-refractivity contribution < 1.29 is 4.74 Å². The Morgan fingerprint density at radius 1 is 1.15 bits per heavy atom. The highest BCUT2D eigenvalue weighted by Gasteiger charge is 2.13. The maximum Gasteiger partial charge on any atom is 0.133 e. The first-order valence-electron chi connectivity index (χ1n) is 6.38. The highest BCUT2D eigenvalue weighted by atomic mass is 79.9. The number of rotatable bonds is 3. The predicted octanol–water partition coefficient (Wildman–Crippen LogP) is 5.53. The highest BCUT2D eigenvalue weighted by molar-refractivity contribution is 9.10. The number of aryl methyl sites for hydroxylation is 2. The fourth-order valence-corrected chi connectivity index (χ4v) is 2.84. The summed E-state index contributed by atoms with van der Waals surface area (Å²) in [5.41, 5.74) is 9.00. The molecule has 0 bridgehead atoms. The third-order valence-corrected chi connectivity index (χ3v) is 3.81. The summed E-state index contributed by atoms with van der Waals surface area (Å²) >= 11 is 9.51. The minimum Gasteiger partial charge on any atom is -0.456 e. The van der Waals surface area contributed by atoms with Crippen LogP contribution in [0.1, 0.15) is 29.7 Å². The third-order valence-electron chi connectivity index (χ3n) is 3.10. The van der Waals surface area contributed by atoms with Gasteiger partial charge in [-0.1, -0.05) is 27.5 Å². The molecule has 2 nitrogen and oxygen atoms in total. The zero-order valence-corrected chi connectivity index (χ0v) is 14.0. The molecule has 2 N–H and O–H groups in total. The van der Waals surface area contributed by atoms with Crippen LogP contribution in [0.25, 0.3) is 0 Å². The number of ether oxygens (including phenoxy) is 1. The van der Waals surface area contributed by atoms with E-state index in [0.717, 1.165) is 37.7 Å². The standard InChI is InChI=1S/C16H17BrClNO/c1-9-6-13(18)7-10(2)16(9)20-15-5-4-12(17)8-14(15)11(3)19/h4-8,11H,19H2,1-3H3. The predicted molar refractivity (Wildman–Crippen MR) is 87.7 cm³/mol. The van der Waals surface area contributed by atoms with Crippen molar-refractivity contribution in [3.8, 4) is 11.5 Å². The van der Waals surface area contributed by atoms with Gasteiger partial charge >= 0.3 is 0 Å². The number of nitrogens with two attached hydrogens (primary N) is 1. The second-order valence-corrected chi connectivity index (χ2v) is 6.29. The van der Waals surface area contributed by atoms with Gasteiger partial charge in [0.05, 0.1) is 0 Å². The number of benzene rings is 2. The smallest absolute Gasteiger partial charge is 0.133 e. The first-order chi connectivity index (χ1) is 9.38. The average Bonchev–Trinajstić information content (AvgIpc) is 2.34. The summed E-state index contributed by atoms with van der Waals surface area (Å²) in [6.45, 7) is 5.91. The van der Waals surface area contributed by atoms with Crippen LogP contribution in [0.5, 0.6) is 11.5 Å². The average molecular weight is 355 g/mol. The van der Waals surface area contributed by atoms with Crippen LogP contribution in [0.3, 0.4) is 0 Å². The van der Waals surface area contributed by atoms with Gasteiger partial charge < -0.3 is 10.5 Å². The summed E-state index contributed by atoms with van der Waals surface area (Å²) in [7, 11) is 0. The van der Waals surface area contributed by atoms with Crippen molar-refractivity contribution in [3.05, 3.63) is 56.5 Å². The van der Waals surface area contributed by atoms with Gasteiger partial charge in [0.25, 0.3) is 0 Å². The summed E-state index contributed by atoms with van der Waals surface area (Å²) in [6, 6.07) is 9.55. The quantitative estimate of drug-likeness (QED) is 0.786. The van der Waals surface area contributed by atoms with E-state index >= 15 is 0 Å². The second kappa shape index (κ2) is 6.17. The molecule has 0 aliphatic heterocycles. The van der Waals surface area contributed by atoms with Crippen LogP contribution in [0.2, 0.25) is 5.02 Å². The maximum absolute atomic E-state index is 6.08. The molecule has 1 unspecified atom stereocenters. The molecule has 0 radical (unpaired) electrons. The molecule has 0 aliphatic carbocycles. The number of hydrogen-bond donors (Lipinski definition) is 1. The van der Waals surface area contributed by atoms with Crippen molar-refractivity contribution in [2.24, 2.45) is 5.73 Å². The first-order valence-corrected chi connectivity index (χ1v) is 7.55. The Labute approximate surface area is 133 Å². The van der Waals surface area contributed by atoms with Crippen LogP contribution in [0.15, 0.2) is 34.8 Å². The van der Waals surface area contributed by atoms with E-state index in [2.05, 4.69) is 15.9 Å². The minimum atomic E-state index is -0.101. The molecule has 0 saturated heterocycles. The Kier molecular flexibility index (Phi) is 4.74. The van der Waals surface area contributed by atoms with Gasteiger partial charge in [-0.15, -0.1) is 0 Å². The van der Waals surface area contributed by atoms with E-state index < -0.39 is 0 Å². The number of hydrogen-bond acceptors (Lipinski definition) is 2. The normalized spacial score (nSPS) is 12.3. The van der Waals surface area contributed by atoms with Crippen molar-refractivity contribution in [3.63, 3.8) is 0 Å². The molecule has 2 aromatic carbocycles. The summed E-state index contributed by atoms with van der Waals surface area (Å²) in [5, 5.41) is 0.718. The van der Waals surface area contributed by atoms with Crippen LogP contribution < -0.4 is 10.5 Å². The Balaban J connectivity index is 2.45. The van der Waals surface area contributed by atoms with Gasteiger partial charge in [0.1, 0.15) is 11.5 Å². The molecule has 2 rings (SSSR count). The van der Waals surface area contributed by atoms with Crippen LogP contribution in [0.4, 0.5) is 0 Å². The van der Waals surface area contributed by atoms with Gasteiger partial charge in [-0.25, -0.2) is 0 Å². The molecule has 0 aromatic heterocycles. The Morgan fingerprint density at radius 3 is 2.30 bits per heavy atom. The largest absolute Gasteiger partial charge is 0.456 e. The Morgan fingerprint density at radius 2 is 1.75 bits per heavy atom. The zero-order valence-electron chi connectivity index (χ0n) is 11.7. The van der Waals surface area contributed by atoms with E-state index in [-0.39, 0.29) is 6.04 Å². The Bertz CT molecular complexity index is 617. The summed E-state index contributed by atoms with van der Waals surface area (Å²) in [6.07, 6.45) is 0. The fourth-order valence-electron chi connectivity index (χ4n) is 2.14. The second-order valence-electron chi connectivity index (χ2n) is 4.94. The van der Waals surface area contributed by atoms with Crippen molar-refractivity contribution >= 4 is 27.5 Å². The molecule has 0 saturated carbocycles. The lowest BCUT2D eigenvalue weighted by Crippen LogP contribution is -2.07. The molecule has 20 heavy (non-hydrogen) atoms. The molecule has 106 valence electrons. The van der Waals surface area contributed by atoms with Crippen LogP contribution in [-0.4, -0.2) is 0 Å². The summed E-state index contributed by atoms with van der Waals surface area (Å²) < 4.78 is 7.07. The molecule has 0 heterocycles. The zero-order chi connectivity index (χ0) is 14.9. The van der Waals surface area contributed by atoms with Crippen molar-refractivity contribution in [2.45, 2.75) is 26.8 Å². The monoisotopic (exact) mass is 353 g/mol. The molecule has 0 amide bonds. The topological polar surface area (TPSA) is 35.2 Å². The highest BCUT2D eigenvalue weighted by Crippen LogP contribution is 2.35. The van der Waals surface area contributed by atoms with Crippen LogP contribution in [0, 0.1) is 13.8 Å². The minimum absolute atomic E-state index is 0.101. The Hall–Kier alpha value is -1.03. The molecular formula is C16H17BrClNO. The lowest BCUT2D eigenvalue weighted by atomic mass is 10.1. The van der Waals surface area contributed by atoms with Gasteiger partial charge in [-0.2, -0.15) is 0 Å². The van der Waals surface area contributed by atoms with Gasteiger partial charge in [0.15, 0.2) is 0 Å². The van der Waals surface area contributed by atoms with Crippen LogP contribution in [-0.2, 0) is 0 Å². The molecule has 4 heteroatoms. The van der Waals surface area contributed by atoms with Crippen molar-refractivity contribution in [2.75, 3.05) is 0 Å². The van der Waals surface area contributed by atoms with Gasteiger partial charge in [-0.05, 0) is 62.2 Å². The molecule has 1 atom stereocenters. The lowest BCUT2D eigenvalue weighted by molar-refractivity contribution is 0.465. The molecule has 0 fully saturated rings. The number of halogens is 2. The van der Waals surface area contributed by atoms with E-state index in [0.29, 0.717) is 0 Å².